The van der Waals surface area contributed by atoms with Crippen molar-refractivity contribution in [2.75, 3.05) is 13.1 Å². The van der Waals surface area contributed by atoms with Crippen molar-refractivity contribution in [2.24, 2.45) is 0 Å². The van der Waals surface area contributed by atoms with Crippen molar-refractivity contribution in [1.82, 2.24) is 4.31 Å². The minimum absolute atomic E-state index is 0.0404. The summed E-state index contributed by atoms with van der Waals surface area (Å²) in [6.45, 7) is 1.81. The number of hydrogen-bond acceptors (Lipinski definition) is 3. The van der Waals surface area contributed by atoms with E-state index in [4.69, 9.17) is 0 Å². The van der Waals surface area contributed by atoms with E-state index in [2.05, 4.69) is 0 Å². The fourth-order valence-corrected chi connectivity index (χ4v) is 3.87. The summed E-state index contributed by atoms with van der Waals surface area (Å²) in [5.74, 6) is -1.88. The van der Waals surface area contributed by atoms with Crippen molar-refractivity contribution in [3.63, 3.8) is 0 Å². The van der Waals surface area contributed by atoms with Gasteiger partial charge in [-0.3, -0.25) is 0 Å². The van der Waals surface area contributed by atoms with Crippen LogP contribution in [-0.2, 0) is 10.0 Å². The van der Waals surface area contributed by atoms with Crippen LogP contribution in [0.3, 0.4) is 0 Å². The van der Waals surface area contributed by atoms with Gasteiger partial charge >= 0.3 is 0 Å². The van der Waals surface area contributed by atoms with E-state index in [1.54, 1.807) is 0 Å². The topological polar surface area (TPSA) is 57.6 Å². The van der Waals surface area contributed by atoms with Gasteiger partial charge in [-0.1, -0.05) is 13.3 Å². The molecule has 1 saturated heterocycles. The molecule has 1 aromatic carbocycles. The summed E-state index contributed by atoms with van der Waals surface area (Å²) in [4.78, 5) is -0.427. The lowest BCUT2D eigenvalue weighted by molar-refractivity contribution is -0.0653. The van der Waals surface area contributed by atoms with E-state index >= 15 is 0 Å². The Labute approximate surface area is 110 Å². The van der Waals surface area contributed by atoms with Crippen molar-refractivity contribution < 1.29 is 22.3 Å². The van der Waals surface area contributed by atoms with E-state index in [0.29, 0.717) is 12.5 Å². The van der Waals surface area contributed by atoms with E-state index in [1.165, 1.54) is 0 Å². The SMILES string of the molecule is CCCC1(O)CN(S(=O)(=O)c2cc(F)cc(F)c2)C1. The number of nitrogens with zero attached hydrogens (tertiary/aromatic N) is 1. The Morgan fingerprint density at radius 2 is 1.79 bits per heavy atom. The molecule has 1 aromatic rings. The highest BCUT2D eigenvalue weighted by atomic mass is 32.2. The van der Waals surface area contributed by atoms with Gasteiger partial charge in [-0.2, -0.15) is 4.31 Å². The zero-order chi connectivity index (χ0) is 14.3. The molecule has 0 atom stereocenters. The Balaban J connectivity index is 2.21. The van der Waals surface area contributed by atoms with Crippen LogP contribution in [0.25, 0.3) is 0 Å². The van der Waals surface area contributed by atoms with E-state index < -0.39 is 32.2 Å². The molecule has 2 rings (SSSR count). The van der Waals surface area contributed by atoms with Crippen LogP contribution in [0.15, 0.2) is 23.1 Å². The summed E-state index contributed by atoms with van der Waals surface area (Å²) in [6.07, 6.45) is 1.23. The van der Waals surface area contributed by atoms with Crippen LogP contribution >= 0.6 is 0 Å². The maximum Gasteiger partial charge on any atom is 0.243 e. The molecular formula is C12H15F2NO3S. The van der Waals surface area contributed by atoms with Crippen LogP contribution in [0, 0.1) is 11.6 Å². The number of sulfonamides is 1. The first kappa shape index (κ1) is 14.4. The molecule has 0 bridgehead atoms. The molecule has 19 heavy (non-hydrogen) atoms. The molecule has 1 N–H and O–H groups in total. The zero-order valence-corrected chi connectivity index (χ0v) is 11.3. The quantitative estimate of drug-likeness (QED) is 0.914. The van der Waals surface area contributed by atoms with Crippen molar-refractivity contribution in [3.05, 3.63) is 29.8 Å². The van der Waals surface area contributed by atoms with Gasteiger partial charge in [0.25, 0.3) is 0 Å². The lowest BCUT2D eigenvalue weighted by atomic mass is 9.92. The fourth-order valence-electron chi connectivity index (χ4n) is 2.23. The molecule has 0 spiro atoms. The van der Waals surface area contributed by atoms with Crippen LogP contribution in [0.5, 0.6) is 0 Å². The lowest BCUT2D eigenvalue weighted by Gasteiger charge is -2.45. The fraction of sp³-hybridized carbons (Fsp3) is 0.500. The van der Waals surface area contributed by atoms with Gasteiger partial charge in [0, 0.05) is 19.2 Å². The van der Waals surface area contributed by atoms with Crippen LogP contribution in [0.1, 0.15) is 19.8 Å². The van der Waals surface area contributed by atoms with Crippen LogP contribution in [0.4, 0.5) is 8.78 Å². The molecule has 1 heterocycles. The third-order valence-electron chi connectivity index (χ3n) is 3.13. The minimum atomic E-state index is -3.94. The van der Waals surface area contributed by atoms with Gasteiger partial charge in [-0.05, 0) is 18.6 Å². The first-order valence-corrected chi connectivity index (χ1v) is 7.39. The number of β-amino-alcohol motifs (C(OH)–C–C–N with tert-alkyl or cyclic N) is 1. The summed E-state index contributed by atoms with van der Waals surface area (Å²) in [5.41, 5.74) is -1.02. The number of halogens is 2. The van der Waals surface area contributed by atoms with Crippen molar-refractivity contribution >= 4 is 10.0 Å². The molecule has 1 aliphatic heterocycles. The highest BCUT2D eigenvalue weighted by Crippen LogP contribution is 2.31. The first-order valence-electron chi connectivity index (χ1n) is 5.95. The number of benzene rings is 1. The lowest BCUT2D eigenvalue weighted by Crippen LogP contribution is -2.63. The van der Waals surface area contributed by atoms with Crippen LogP contribution < -0.4 is 0 Å². The molecular weight excluding hydrogens is 276 g/mol. The average molecular weight is 291 g/mol. The molecule has 0 radical (unpaired) electrons. The summed E-state index contributed by atoms with van der Waals surface area (Å²) in [7, 11) is -3.94. The van der Waals surface area contributed by atoms with E-state index in [0.717, 1.165) is 22.9 Å². The van der Waals surface area contributed by atoms with Gasteiger partial charge in [0.05, 0.1) is 10.5 Å². The first-order chi connectivity index (χ1) is 8.77. The molecule has 0 unspecified atom stereocenters. The zero-order valence-electron chi connectivity index (χ0n) is 10.4. The molecule has 106 valence electrons. The second-order valence-corrected chi connectivity index (χ2v) is 6.79. The Morgan fingerprint density at radius 1 is 1.26 bits per heavy atom. The summed E-state index contributed by atoms with van der Waals surface area (Å²) in [6, 6.07) is 2.16. The van der Waals surface area contributed by atoms with Crippen molar-refractivity contribution in [3.8, 4) is 0 Å². The summed E-state index contributed by atoms with van der Waals surface area (Å²) < 4.78 is 51.3. The predicted molar refractivity (Wildman–Crippen MR) is 65.0 cm³/mol. The second kappa shape index (κ2) is 4.81. The van der Waals surface area contributed by atoms with Crippen LogP contribution in [-0.4, -0.2) is 36.5 Å². The van der Waals surface area contributed by atoms with Crippen molar-refractivity contribution in [1.29, 1.82) is 0 Å². The maximum atomic E-state index is 13.0. The number of aliphatic hydroxyl groups is 1. The van der Waals surface area contributed by atoms with Crippen molar-refractivity contribution in [2.45, 2.75) is 30.3 Å². The van der Waals surface area contributed by atoms with Gasteiger partial charge < -0.3 is 5.11 Å². The van der Waals surface area contributed by atoms with E-state index in [1.807, 2.05) is 6.92 Å². The number of hydrogen-bond donors (Lipinski definition) is 1. The van der Waals surface area contributed by atoms with Gasteiger partial charge in [0.1, 0.15) is 11.6 Å². The van der Waals surface area contributed by atoms with Gasteiger partial charge in [0.15, 0.2) is 0 Å². The minimum Gasteiger partial charge on any atom is -0.387 e. The molecule has 0 saturated carbocycles. The standard InChI is InChI=1S/C12H15F2NO3S/c1-2-3-12(16)7-15(8-12)19(17,18)11-5-9(13)4-10(14)6-11/h4-6,16H,2-3,7-8H2,1H3. The molecule has 1 fully saturated rings. The summed E-state index contributed by atoms with van der Waals surface area (Å²) >= 11 is 0. The molecule has 4 nitrogen and oxygen atoms in total. The molecule has 0 aliphatic carbocycles. The van der Waals surface area contributed by atoms with E-state index in [-0.39, 0.29) is 13.1 Å². The Bertz CT molecular complexity index is 562. The highest BCUT2D eigenvalue weighted by Gasteiger charge is 2.46. The largest absolute Gasteiger partial charge is 0.387 e. The number of rotatable bonds is 4. The van der Waals surface area contributed by atoms with Gasteiger partial charge in [0.2, 0.25) is 10.0 Å². The monoisotopic (exact) mass is 291 g/mol. The Kier molecular flexibility index (Phi) is 3.63. The van der Waals surface area contributed by atoms with Gasteiger partial charge in [-0.25, -0.2) is 17.2 Å². The second-order valence-electron chi connectivity index (χ2n) is 4.85. The molecule has 0 amide bonds. The molecule has 1 aliphatic rings. The highest BCUT2D eigenvalue weighted by molar-refractivity contribution is 7.89. The Hall–Kier alpha value is -1.05. The van der Waals surface area contributed by atoms with E-state index in [9.17, 15) is 22.3 Å². The Morgan fingerprint density at radius 3 is 2.26 bits per heavy atom. The summed E-state index contributed by atoms with van der Waals surface area (Å²) in [5, 5.41) is 9.95. The predicted octanol–water partition coefficient (Wildman–Crippen LogP) is 1.50. The normalized spacial score (nSPS) is 19.2. The van der Waals surface area contributed by atoms with Crippen LogP contribution in [0.2, 0.25) is 0 Å². The molecule has 7 heteroatoms. The average Bonchev–Trinajstić information content (AvgIpc) is 2.24. The smallest absolute Gasteiger partial charge is 0.243 e. The van der Waals surface area contributed by atoms with Gasteiger partial charge in [-0.15, -0.1) is 0 Å². The third-order valence-corrected chi connectivity index (χ3v) is 4.90. The molecule has 0 aromatic heterocycles. The maximum absolute atomic E-state index is 13.0. The third kappa shape index (κ3) is 2.77.